The Balaban J connectivity index is 1.91. The molecule has 2 N–H and O–H groups in total. The summed E-state index contributed by atoms with van der Waals surface area (Å²) in [6.07, 6.45) is -0.322. The van der Waals surface area contributed by atoms with Gasteiger partial charge < -0.3 is 20.3 Å². The number of benzene rings is 2. The Morgan fingerprint density at radius 3 is 2.48 bits per heavy atom. The highest BCUT2D eigenvalue weighted by molar-refractivity contribution is 6.04. The molecule has 1 aliphatic heterocycles. The van der Waals surface area contributed by atoms with E-state index in [-0.39, 0.29) is 12.1 Å². The fraction of sp³-hybridized carbons (Fsp3) is 0.261. The molecule has 162 valence electrons. The van der Waals surface area contributed by atoms with Crippen molar-refractivity contribution < 1.29 is 23.5 Å². The van der Waals surface area contributed by atoms with Crippen molar-refractivity contribution in [3.8, 4) is 0 Å². The highest BCUT2D eigenvalue weighted by atomic mass is 19.1. The summed E-state index contributed by atoms with van der Waals surface area (Å²) >= 11 is 0. The largest absolute Gasteiger partial charge is 0.459 e. The first-order chi connectivity index (χ1) is 14.7. The lowest BCUT2D eigenvalue weighted by atomic mass is 9.94. The summed E-state index contributed by atoms with van der Waals surface area (Å²) in [4.78, 5) is 39.0. The molecule has 2 aromatic carbocycles. The summed E-state index contributed by atoms with van der Waals surface area (Å²) in [5, 5.41) is 5.56. The summed E-state index contributed by atoms with van der Waals surface area (Å²) in [6, 6.07) is 10.9. The normalized spacial score (nSPS) is 16.3. The van der Waals surface area contributed by atoms with Gasteiger partial charge in [-0.25, -0.2) is 14.0 Å². The highest BCUT2D eigenvalue weighted by Gasteiger charge is 2.35. The zero-order valence-electron chi connectivity index (χ0n) is 17.7. The average molecular weight is 425 g/mol. The van der Waals surface area contributed by atoms with Gasteiger partial charge in [-0.05, 0) is 62.7 Å². The molecule has 0 aliphatic carbocycles. The van der Waals surface area contributed by atoms with E-state index < -0.39 is 23.7 Å². The molecule has 0 saturated heterocycles. The van der Waals surface area contributed by atoms with Crippen LogP contribution >= 0.6 is 0 Å². The van der Waals surface area contributed by atoms with E-state index >= 15 is 0 Å². The van der Waals surface area contributed by atoms with Gasteiger partial charge in [0.05, 0.1) is 17.7 Å². The summed E-state index contributed by atoms with van der Waals surface area (Å²) in [5.41, 5.74) is 2.18. The van der Waals surface area contributed by atoms with Crippen LogP contribution in [0.3, 0.4) is 0 Å². The Labute approximate surface area is 179 Å². The second kappa shape index (κ2) is 8.99. The molecule has 8 heteroatoms. The van der Waals surface area contributed by atoms with Crippen LogP contribution in [0.4, 0.5) is 14.9 Å². The van der Waals surface area contributed by atoms with E-state index in [2.05, 4.69) is 10.6 Å². The first-order valence-corrected chi connectivity index (χ1v) is 9.80. The molecule has 1 aliphatic rings. The van der Waals surface area contributed by atoms with Crippen molar-refractivity contribution in [3.05, 3.63) is 76.7 Å². The Bertz CT molecular complexity index is 1050. The van der Waals surface area contributed by atoms with Gasteiger partial charge in [0.1, 0.15) is 5.82 Å². The molecule has 1 heterocycles. The number of ether oxygens (including phenoxy) is 1. The molecular weight excluding hydrogens is 401 g/mol. The third-order valence-corrected chi connectivity index (χ3v) is 4.90. The standard InChI is InChI=1S/C23H24FN3O4/c1-13(2)31-22(29)19-14(3)27(4)23(30)26-20(19)16-6-5-7-18(12-16)25-21(28)15-8-10-17(24)11-9-15/h5-13,20H,1-4H3,(H,25,28)(H,26,30)/t20-/m0/s1. The summed E-state index contributed by atoms with van der Waals surface area (Å²) < 4.78 is 18.5. The lowest BCUT2D eigenvalue weighted by Gasteiger charge is -2.33. The van der Waals surface area contributed by atoms with E-state index in [0.29, 0.717) is 28.1 Å². The van der Waals surface area contributed by atoms with Gasteiger partial charge in [0.2, 0.25) is 0 Å². The number of nitrogens with zero attached hydrogens (tertiary/aromatic N) is 1. The Morgan fingerprint density at radius 2 is 1.84 bits per heavy atom. The van der Waals surface area contributed by atoms with Crippen LogP contribution < -0.4 is 10.6 Å². The Morgan fingerprint density at radius 1 is 1.16 bits per heavy atom. The van der Waals surface area contributed by atoms with Crippen LogP contribution in [-0.2, 0) is 9.53 Å². The quantitative estimate of drug-likeness (QED) is 0.709. The number of hydrogen-bond donors (Lipinski definition) is 2. The highest BCUT2D eigenvalue weighted by Crippen LogP contribution is 2.32. The van der Waals surface area contributed by atoms with E-state index in [9.17, 15) is 18.8 Å². The molecule has 3 amide bonds. The van der Waals surface area contributed by atoms with Gasteiger partial charge in [0.25, 0.3) is 5.91 Å². The van der Waals surface area contributed by atoms with Gasteiger partial charge in [-0.2, -0.15) is 0 Å². The number of nitrogens with one attached hydrogen (secondary N) is 2. The maximum Gasteiger partial charge on any atom is 0.338 e. The molecule has 31 heavy (non-hydrogen) atoms. The van der Waals surface area contributed by atoms with Crippen LogP contribution in [0.1, 0.15) is 42.7 Å². The molecule has 0 aromatic heterocycles. The van der Waals surface area contributed by atoms with Crippen molar-refractivity contribution in [2.75, 3.05) is 12.4 Å². The van der Waals surface area contributed by atoms with E-state index in [0.717, 1.165) is 0 Å². The van der Waals surface area contributed by atoms with Crippen LogP contribution in [0, 0.1) is 5.82 Å². The third kappa shape index (κ3) is 4.91. The summed E-state index contributed by atoms with van der Waals surface area (Å²) in [7, 11) is 1.57. The fourth-order valence-corrected chi connectivity index (χ4v) is 3.23. The number of esters is 1. The zero-order valence-corrected chi connectivity index (χ0v) is 17.7. The minimum absolute atomic E-state index is 0.302. The SMILES string of the molecule is CC1=C(C(=O)OC(C)C)[C@H](c2cccc(NC(=O)c3ccc(F)cc3)c2)NC(=O)N1C. The second-order valence-corrected chi connectivity index (χ2v) is 7.48. The predicted molar refractivity (Wildman–Crippen MR) is 114 cm³/mol. The van der Waals surface area contributed by atoms with Crippen molar-refractivity contribution in [2.45, 2.75) is 32.9 Å². The van der Waals surface area contributed by atoms with Gasteiger partial charge in [-0.3, -0.25) is 4.79 Å². The number of amides is 3. The minimum Gasteiger partial charge on any atom is -0.459 e. The molecule has 0 unspecified atom stereocenters. The van der Waals surface area contributed by atoms with Gasteiger partial charge in [0.15, 0.2) is 0 Å². The number of urea groups is 1. The second-order valence-electron chi connectivity index (χ2n) is 7.48. The number of carbonyl (C=O) groups excluding carboxylic acids is 3. The molecule has 0 spiro atoms. The molecule has 1 atom stereocenters. The molecule has 0 radical (unpaired) electrons. The van der Waals surface area contributed by atoms with E-state index in [4.69, 9.17) is 4.74 Å². The molecule has 3 rings (SSSR count). The molecular formula is C23H24FN3O4. The van der Waals surface area contributed by atoms with E-state index in [1.165, 1.54) is 29.2 Å². The maximum absolute atomic E-state index is 13.1. The number of rotatable bonds is 5. The molecule has 2 aromatic rings. The number of anilines is 1. The molecule has 0 saturated carbocycles. The van der Waals surface area contributed by atoms with Gasteiger partial charge in [-0.15, -0.1) is 0 Å². The zero-order chi connectivity index (χ0) is 22.7. The van der Waals surface area contributed by atoms with Crippen molar-refractivity contribution in [2.24, 2.45) is 0 Å². The monoisotopic (exact) mass is 425 g/mol. The number of hydrogen-bond acceptors (Lipinski definition) is 4. The first kappa shape index (κ1) is 22.0. The van der Waals surface area contributed by atoms with Crippen LogP contribution in [0.15, 0.2) is 59.8 Å². The van der Waals surface area contributed by atoms with Crippen molar-refractivity contribution in [1.29, 1.82) is 0 Å². The van der Waals surface area contributed by atoms with Gasteiger partial charge >= 0.3 is 12.0 Å². The fourth-order valence-electron chi connectivity index (χ4n) is 3.23. The topological polar surface area (TPSA) is 87.7 Å². The van der Waals surface area contributed by atoms with Crippen LogP contribution in [0.25, 0.3) is 0 Å². The van der Waals surface area contributed by atoms with Crippen LogP contribution in [0.5, 0.6) is 0 Å². The Kier molecular flexibility index (Phi) is 6.39. The van der Waals surface area contributed by atoms with Gasteiger partial charge in [0, 0.05) is 24.0 Å². The molecule has 7 nitrogen and oxygen atoms in total. The summed E-state index contributed by atoms with van der Waals surface area (Å²) in [6.45, 7) is 5.18. The number of carbonyl (C=O) groups is 3. The predicted octanol–water partition coefficient (Wildman–Crippen LogP) is 4.00. The number of halogens is 1. The molecule has 0 fully saturated rings. The average Bonchev–Trinajstić information content (AvgIpc) is 2.71. The summed E-state index contributed by atoms with van der Waals surface area (Å²) in [5.74, 6) is -1.36. The maximum atomic E-state index is 13.1. The first-order valence-electron chi connectivity index (χ1n) is 9.80. The smallest absolute Gasteiger partial charge is 0.338 e. The van der Waals surface area contributed by atoms with E-state index in [1.54, 1.807) is 52.1 Å². The minimum atomic E-state index is -0.738. The van der Waals surface area contributed by atoms with Gasteiger partial charge in [-0.1, -0.05) is 12.1 Å². The molecule has 0 bridgehead atoms. The lowest BCUT2D eigenvalue weighted by molar-refractivity contribution is -0.143. The van der Waals surface area contributed by atoms with E-state index in [1.807, 2.05) is 0 Å². The van der Waals surface area contributed by atoms with Crippen molar-refractivity contribution >= 4 is 23.6 Å². The Hall–Kier alpha value is -3.68. The number of allylic oxidation sites excluding steroid dienone is 1. The van der Waals surface area contributed by atoms with Crippen molar-refractivity contribution in [3.63, 3.8) is 0 Å². The van der Waals surface area contributed by atoms with Crippen LogP contribution in [0.2, 0.25) is 0 Å². The van der Waals surface area contributed by atoms with Crippen molar-refractivity contribution in [1.82, 2.24) is 10.2 Å². The van der Waals surface area contributed by atoms with Crippen LogP contribution in [-0.4, -0.2) is 36.0 Å². The lowest BCUT2D eigenvalue weighted by Crippen LogP contribution is -2.46. The third-order valence-electron chi connectivity index (χ3n) is 4.90.